The third-order valence-electron chi connectivity index (χ3n) is 8.98. The van der Waals surface area contributed by atoms with E-state index in [-0.39, 0.29) is 17.6 Å². The van der Waals surface area contributed by atoms with Crippen LogP contribution < -0.4 is 0 Å². The Morgan fingerprint density at radius 1 is 0.864 bits per heavy atom. The Labute approximate surface area is 135 Å². The van der Waals surface area contributed by atoms with Gasteiger partial charge in [-0.1, -0.05) is 20.8 Å². The van der Waals surface area contributed by atoms with Crippen molar-refractivity contribution in [3.63, 3.8) is 0 Å². The van der Waals surface area contributed by atoms with Crippen molar-refractivity contribution in [1.29, 1.82) is 0 Å². The minimum atomic E-state index is -0.0949. The number of aliphatic hydroxyl groups excluding tert-OH is 2. The highest BCUT2D eigenvalue weighted by Crippen LogP contribution is 2.66. The SMILES string of the molecule is CC1CC2CC[C@@H]3[C@@H](CC[C@]4(C)C(O)CC[C@@H]34)[C@@]2(C)CC1O. The van der Waals surface area contributed by atoms with Crippen LogP contribution in [-0.4, -0.2) is 22.4 Å². The fraction of sp³-hybridized carbons (Fsp3) is 1.00. The summed E-state index contributed by atoms with van der Waals surface area (Å²) in [6, 6.07) is 0. The predicted octanol–water partition coefficient (Wildman–Crippen LogP) is 4.00. The standard InChI is InChI=1S/C20H34O2/c1-12-10-13-4-5-14-15-6-7-18(22)19(15,2)9-8-16(14)20(13,3)11-17(12)21/h12-18,21-22H,4-11H2,1-3H3/t12?,13?,14-,15-,16+,17?,18?,19-,20-/m0/s1. The van der Waals surface area contributed by atoms with Crippen LogP contribution in [0.15, 0.2) is 0 Å². The van der Waals surface area contributed by atoms with Crippen LogP contribution in [0.25, 0.3) is 0 Å². The molecule has 4 unspecified atom stereocenters. The minimum Gasteiger partial charge on any atom is -0.393 e. The molecule has 9 atom stereocenters. The first-order valence-corrected chi connectivity index (χ1v) is 9.72. The first kappa shape index (κ1) is 15.4. The molecule has 0 aliphatic heterocycles. The molecule has 0 aromatic rings. The molecule has 0 saturated heterocycles. The van der Waals surface area contributed by atoms with Gasteiger partial charge < -0.3 is 10.2 Å². The van der Waals surface area contributed by atoms with E-state index in [0.717, 1.165) is 36.5 Å². The molecule has 0 bridgehead atoms. The minimum absolute atomic E-state index is 0.0686. The summed E-state index contributed by atoms with van der Waals surface area (Å²) in [5.41, 5.74) is 0.536. The summed E-state index contributed by atoms with van der Waals surface area (Å²) in [7, 11) is 0. The van der Waals surface area contributed by atoms with Crippen molar-refractivity contribution in [1.82, 2.24) is 0 Å². The molecule has 4 fully saturated rings. The molecular formula is C20H34O2. The summed E-state index contributed by atoms with van der Waals surface area (Å²) >= 11 is 0. The van der Waals surface area contributed by atoms with Crippen molar-refractivity contribution >= 4 is 0 Å². The number of hydrogen-bond acceptors (Lipinski definition) is 2. The zero-order valence-corrected chi connectivity index (χ0v) is 14.6. The molecule has 0 heterocycles. The highest BCUT2D eigenvalue weighted by Gasteiger charge is 2.60. The van der Waals surface area contributed by atoms with Crippen molar-refractivity contribution in [2.45, 2.75) is 84.3 Å². The Kier molecular flexibility index (Phi) is 3.48. The van der Waals surface area contributed by atoms with Gasteiger partial charge in [0, 0.05) is 0 Å². The zero-order chi connectivity index (χ0) is 15.7. The third kappa shape index (κ3) is 1.92. The smallest absolute Gasteiger partial charge is 0.0596 e. The lowest BCUT2D eigenvalue weighted by molar-refractivity contribution is -0.147. The molecule has 22 heavy (non-hydrogen) atoms. The van der Waals surface area contributed by atoms with E-state index in [1.807, 2.05) is 0 Å². The van der Waals surface area contributed by atoms with Crippen LogP contribution in [0.2, 0.25) is 0 Å². The maximum absolute atomic E-state index is 10.5. The molecule has 2 heteroatoms. The number of fused-ring (bicyclic) bond motifs is 5. The maximum atomic E-state index is 10.5. The van der Waals surface area contributed by atoms with Gasteiger partial charge in [-0.25, -0.2) is 0 Å². The maximum Gasteiger partial charge on any atom is 0.0596 e. The van der Waals surface area contributed by atoms with E-state index in [1.54, 1.807) is 0 Å². The molecule has 0 spiro atoms. The van der Waals surface area contributed by atoms with Crippen LogP contribution in [0.5, 0.6) is 0 Å². The average Bonchev–Trinajstić information content (AvgIpc) is 2.77. The largest absolute Gasteiger partial charge is 0.393 e. The Bertz CT molecular complexity index is 449. The Morgan fingerprint density at radius 3 is 2.36 bits per heavy atom. The monoisotopic (exact) mass is 306 g/mol. The molecule has 0 amide bonds. The van der Waals surface area contributed by atoms with Gasteiger partial charge >= 0.3 is 0 Å². The zero-order valence-electron chi connectivity index (χ0n) is 14.6. The predicted molar refractivity (Wildman–Crippen MR) is 88.3 cm³/mol. The first-order chi connectivity index (χ1) is 10.4. The molecule has 0 aromatic carbocycles. The molecule has 4 aliphatic carbocycles. The summed E-state index contributed by atoms with van der Waals surface area (Å²) in [5, 5.41) is 21.0. The number of hydrogen-bond donors (Lipinski definition) is 2. The molecular weight excluding hydrogens is 272 g/mol. The fourth-order valence-corrected chi connectivity index (χ4v) is 7.47. The van der Waals surface area contributed by atoms with Crippen LogP contribution in [-0.2, 0) is 0 Å². The molecule has 0 aromatic heterocycles. The van der Waals surface area contributed by atoms with E-state index in [2.05, 4.69) is 20.8 Å². The first-order valence-electron chi connectivity index (χ1n) is 9.72. The highest BCUT2D eigenvalue weighted by molar-refractivity contribution is 5.09. The normalized spacial score (nSPS) is 61.2. The molecule has 4 aliphatic rings. The van der Waals surface area contributed by atoms with Crippen molar-refractivity contribution in [3.8, 4) is 0 Å². The van der Waals surface area contributed by atoms with Gasteiger partial charge in [-0.05, 0) is 91.8 Å². The Morgan fingerprint density at radius 2 is 1.59 bits per heavy atom. The van der Waals surface area contributed by atoms with Crippen molar-refractivity contribution in [2.75, 3.05) is 0 Å². The Balaban J connectivity index is 1.63. The van der Waals surface area contributed by atoms with Gasteiger partial charge in [0.2, 0.25) is 0 Å². The summed E-state index contributed by atoms with van der Waals surface area (Å²) < 4.78 is 0. The third-order valence-corrected chi connectivity index (χ3v) is 8.98. The summed E-state index contributed by atoms with van der Waals surface area (Å²) in [6.45, 7) is 7.09. The second kappa shape index (κ2) is 4.96. The summed E-state index contributed by atoms with van der Waals surface area (Å²) in [4.78, 5) is 0. The van der Waals surface area contributed by atoms with Gasteiger partial charge in [-0.2, -0.15) is 0 Å². The lowest BCUT2D eigenvalue weighted by Gasteiger charge is -2.61. The lowest BCUT2D eigenvalue weighted by atomic mass is 9.44. The molecule has 2 N–H and O–H groups in total. The number of aliphatic hydroxyl groups is 2. The van der Waals surface area contributed by atoms with E-state index in [0.29, 0.717) is 11.3 Å². The molecule has 4 rings (SSSR count). The van der Waals surface area contributed by atoms with Crippen molar-refractivity contribution in [3.05, 3.63) is 0 Å². The van der Waals surface area contributed by atoms with Crippen LogP contribution in [0, 0.1) is 40.4 Å². The summed E-state index contributed by atoms with van der Waals surface area (Å²) in [6.07, 6.45) is 9.55. The van der Waals surface area contributed by atoms with E-state index in [4.69, 9.17) is 0 Å². The molecule has 0 radical (unpaired) electrons. The van der Waals surface area contributed by atoms with E-state index >= 15 is 0 Å². The molecule has 2 nitrogen and oxygen atoms in total. The van der Waals surface area contributed by atoms with E-state index in [1.165, 1.54) is 38.5 Å². The number of rotatable bonds is 0. The highest BCUT2D eigenvalue weighted by atomic mass is 16.3. The quantitative estimate of drug-likeness (QED) is 0.710. The molecule has 4 saturated carbocycles. The van der Waals surface area contributed by atoms with Crippen LogP contribution in [0.1, 0.15) is 72.1 Å². The van der Waals surface area contributed by atoms with Gasteiger partial charge in [0.25, 0.3) is 0 Å². The molecule has 126 valence electrons. The van der Waals surface area contributed by atoms with Crippen LogP contribution in [0.4, 0.5) is 0 Å². The second-order valence-corrected chi connectivity index (χ2v) is 9.78. The average molecular weight is 306 g/mol. The van der Waals surface area contributed by atoms with Crippen molar-refractivity contribution in [2.24, 2.45) is 40.4 Å². The van der Waals surface area contributed by atoms with E-state index < -0.39 is 0 Å². The van der Waals surface area contributed by atoms with Crippen LogP contribution in [0.3, 0.4) is 0 Å². The van der Waals surface area contributed by atoms with E-state index in [9.17, 15) is 10.2 Å². The van der Waals surface area contributed by atoms with Gasteiger partial charge in [0.1, 0.15) is 0 Å². The van der Waals surface area contributed by atoms with Crippen LogP contribution >= 0.6 is 0 Å². The summed E-state index contributed by atoms with van der Waals surface area (Å²) in [5.74, 6) is 3.63. The Hall–Kier alpha value is -0.0800. The van der Waals surface area contributed by atoms with Crippen molar-refractivity contribution < 1.29 is 10.2 Å². The topological polar surface area (TPSA) is 40.5 Å². The lowest BCUT2D eigenvalue weighted by Crippen LogP contribution is -2.55. The fourth-order valence-electron chi connectivity index (χ4n) is 7.47. The van der Waals surface area contributed by atoms with Gasteiger partial charge in [0.15, 0.2) is 0 Å². The van der Waals surface area contributed by atoms with Gasteiger partial charge in [0.05, 0.1) is 12.2 Å². The van der Waals surface area contributed by atoms with Gasteiger partial charge in [-0.15, -0.1) is 0 Å². The van der Waals surface area contributed by atoms with Gasteiger partial charge in [-0.3, -0.25) is 0 Å². The second-order valence-electron chi connectivity index (χ2n) is 9.78.